The Bertz CT molecular complexity index is 2260. The van der Waals surface area contributed by atoms with Crippen molar-refractivity contribution < 1.29 is 0 Å². The van der Waals surface area contributed by atoms with Gasteiger partial charge in [0.2, 0.25) is 0 Å². The van der Waals surface area contributed by atoms with Gasteiger partial charge in [-0.2, -0.15) is 0 Å². The van der Waals surface area contributed by atoms with E-state index in [1.165, 1.54) is 60.2 Å². The molecule has 0 spiro atoms. The van der Waals surface area contributed by atoms with Crippen molar-refractivity contribution in [2.45, 2.75) is 13.1 Å². The molecular weight excluding hydrogens is 546 g/mol. The molecule has 3 heteroatoms. The van der Waals surface area contributed by atoms with Gasteiger partial charge in [0, 0.05) is 22.4 Å². The zero-order chi connectivity index (χ0) is 30.6. The fourth-order valence-electron chi connectivity index (χ4n) is 6.21. The van der Waals surface area contributed by atoms with Gasteiger partial charge in [-0.25, -0.2) is 0 Å². The van der Waals surface area contributed by atoms with E-state index in [0.717, 1.165) is 5.56 Å². The van der Waals surface area contributed by atoms with E-state index in [0.29, 0.717) is 0 Å². The van der Waals surface area contributed by atoms with Gasteiger partial charge in [0.1, 0.15) is 6.17 Å². The molecule has 1 unspecified atom stereocenters. The molecule has 0 bridgehead atoms. The highest BCUT2D eigenvalue weighted by molar-refractivity contribution is 6.14. The Morgan fingerprint density at radius 2 is 1.16 bits per heavy atom. The van der Waals surface area contributed by atoms with Crippen molar-refractivity contribution in [1.29, 1.82) is 0 Å². The van der Waals surface area contributed by atoms with Gasteiger partial charge in [-0.05, 0) is 71.1 Å². The highest BCUT2D eigenvalue weighted by Crippen LogP contribution is 2.37. The SMILES string of the molecule is CNC(/N=C/c1ccccc1)c1ccccc1.Cc1ccc(-n2c3ccccc3c3cc4ccccc4cc32)c2ccccc12. The number of aryl methyl sites for hydroxylation is 1. The van der Waals surface area contributed by atoms with Crippen LogP contribution in [0.3, 0.4) is 0 Å². The van der Waals surface area contributed by atoms with E-state index in [-0.39, 0.29) is 6.17 Å². The molecule has 0 amide bonds. The number of nitrogens with one attached hydrogen (secondary N) is 1. The quantitative estimate of drug-likeness (QED) is 0.201. The number of fused-ring (bicyclic) bond motifs is 5. The molecule has 0 aliphatic heterocycles. The number of hydrogen-bond acceptors (Lipinski definition) is 2. The lowest BCUT2D eigenvalue weighted by atomic mass is 10.0. The Hall–Kier alpha value is -5.51. The largest absolute Gasteiger partial charge is 0.309 e. The fourth-order valence-corrected chi connectivity index (χ4v) is 6.21. The van der Waals surface area contributed by atoms with Crippen molar-refractivity contribution >= 4 is 49.6 Å². The van der Waals surface area contributed by atoms with Crippen LogP contribution in [0.5, 0.6) is 0 Å². The topological polar surface area (TPSA) is 29.3 Å². The van der Waals surface area contributed by atoms with E-state index in [1.54, 1.807) is 0 Å². The Kier molecular flexibility index (Phi) is 7.92. The maximum Gasteiger partial charge on any atom is 0.125 e. The van der Waals surface area contributed by atoms with E-state index in [1.807, 2.05) is 61.8 Å². The molecule has 0 radical (unpaired) electrons. The number of rotatable bonds is 5. The first-order valence-corrected chi connectivity index (χ1v) is 15.4. The lowest BCUT2D eigenvalue weighted by Gasteiger charge is -2.13. The zero-order valence-electron chi connectivity index (χ0n) is 25.6. The van der Waals surface area contributed by atoms with Crippen molar-refractivity contribution in [3.8, 4) is 5.69 Å². The third kappa shape index (κ3) is 5.62. The van der Waals surface area contributed by atoms with Gasteiger partial charge < -0.3 is 4.57 Å². The summed E-state index contributed by atoms with van der Waals surface area (Å²) in [6, 6.07) is 55.6. The summed E-state index contributed by atoms with van der Waals surface area (Å²) in [6.45, 7) is 2.19. The highest BCUT2D eigenvalue weighted by Gasteiger charge is 2.15. The standard InChI is InChI=1S/C27H19N.C15H16N2/c1-18-14-15-26(22-11-5-4-10-21(18)22)28-25-13-7-6-12-23(25)24-16-19-8-2-3-9-20(19)17-27(24)28;1-16-15(14-10-6-3-7-11-14)17-12-13-8-4-2-5-9-13/h2-17H,1H3;2-12,15-16H,1H3/b;17-12+. The van der Waals surface area contributed by atoms with Crippen LogP contribution in [-0.4, -0.2) is 17.8 Å². The second kappa shape index (κ2) is 12.6. The molecule has 0 fully saturated rings. The minimum atomic E-state index is 0.0106. The molecule has 0 saturated carbocycles. The van der Waals surface area contributed by atoms with Gasteiger partial charge in [-0.15, -0.1) is 0 Å². The molecule has 3 nitrogen and oxygen atoms in total. The Balaban J connectivity index is 0.000000165. The summed E-state index contributed by atoms with van der Waals surface area (Å²) in [5.41, 5.74) is 7.34. The van der Waals surface area contributed by atoms with E-state index in [2.05, 4.69) is 131 Å². The fraction of sp³-hybridized carbons (Fsp3) is 0.0714. The number of hydrogen-bond donors (Lipinski definition) is 1. The predicted octanol–water partition coefficient (Wildman–Crippen LogP) is 10.4. The molecule has 218 valence electrons. The molecule has 8 aromatic rings. The van der Waals surface area contributed by atoms with Crippen LogP contribution in [0.25, 0.3) is 49.0 Å². The molecule has 1 heterocycles. The first kappa shape index (κ1) is 28.3. The number of benzene rings is 7. The van der Waals surface area contributed by atoms with Crippen LogP contribution < -0.4 is 5.32 Å². The summed E-state index contributed by atoms with van der Waals surface area (Å²) >= 11 is 0. The first-order chi connectivity index (χ1) is 22.2. The van der Waals surface area contributed by atoms with Crippen LogP contribution in [0.15, 0.2) is 163 Å². The minimum absolute atomic E-state index is 0.0106. The molecule has 0 aliphatic rings. The average molecular weight is 582 g/mol. The second-order valence-corrected chi connectivity index (χ2v) is 11.3. The number of aromatic nitrogens is 1. The summed E-state index contributed by atoms with van der Waals surface area (Å²) < 4.78 is 2.43. The normalized spacial score (nSPS) is 12.1. The van der Waals surface area contributed by atoms with Crippen molar-refractivity contribution in [2.75, 3.05) is 7.05 Å². The first-order valence-electron chi connectivity index (χ1n) is 15.4. The van der Waals surface area contributed by atoms with Crippen LogP contribution in [0.2, 0.25) is 0 Å². The highest BCUT2D eigenvalue weighted by atomic mass is 15.0. The van der Waals surface area contributed by atoms with Crippen LogP contribution in [0.4, 0.5) is 0 Å². The van der Waals surface area contributed by atoms with Crippen LogP contribution >= 0.6 is 0 Å². The van der Waals surface area contributed by atoms with Gasteiger partial charge in [-0.1, -0.05) is 133 Å². The van der Waals surface area contributed by atoms with Gasteiger partial charge in [0.25, 0.3) is 0 Å². The van der Waals surface area contributed by atoms with Crippen molar-refractivity contribution in [3.63, 3.8) is 0 Å². The predicted molar refractivity (Wildman–Crippen MR) is 193 cm³/mol. The van der Waals surface area contributed by atoms with Crippen LogP contribution in [-0.2, 0) is 0 Å². The minimum Gasteiger partial charge on any atom is -0.309 e. The lowest BCUT2D eigenvalue weighted by molar-refractivity contribution is 0.628. The maximum absolute atomic E-state index is 4.55. The smallest absolute Gasteiger partial charge is 0.125 e. The molecule has 1 N–H and O–H groups in total. The Labute approximate surface area is 264 Å². The van der Waals surface area contributed by atoms with Gasteiger partial charge >= 0.3 is 0 Å². The summed E-state index contributed by atoms with van der Waals surface area (Å²) in [7, 11) is 1.92. The van der Waals surface area contributed by atoms with Gasteiger partial charge in [-0.3, -0.25) is 10.3 Å². The summed E-state index contributed by atoms with van der Waals surface area (Å²) in [5.74, 6) is 0. The molecule has 0 aliphatic carbocycles. The number of para-hydroxylation sites is 1. The summed E-state index contributed by atoms with van der Waals surface area (Å²) in [5, 5.41) is 11.0. The molecule has 1 aromatic heterocycles. The van der Waals surface area contributed by atoms with Gasteiger partial charge in [0.05, 0.1) is 16.7 Å². The van der Waals surface area contributed by atoms with E-state index >= 15 is 0 Å². The maximum atomic E-state index is 4.55. The second-order valence-electron chi connectivity index (χ2n) is 11.3. The lowest BCUT2D eigenvalue weighted by Crippen LogP contribution is -2.14. The van der Waals surface area contributed by atoms with Crippen molar-refractivity contribution in [1.82, 2.24) is 9.88 Å². The van der Waals surface area contributed by atoms with Gasteiger partial charge in [0.15, 0.2) is 0 Å². The molecule has 0 saturated heterocycles. The molecule has 45 heavy (non-hydrogen) atoms. The molecule has 1 atom stereocenters. The third-order valence-corrected chi connectivity index (χ3v) is 8.46. The van der Waals surface area contributed by atoms with Crippen LogP contribution in [0, 0.1) is 6.92 Å². The van der Waals surface area contributed by atoms with E-state index in [4.69, 9.17) is 0 Å². The van der Waals surface area contributed by atoms with Crippen molar-refractivity contribution in [2.24, 2.45) is 4.99 Å². The van der Waals surface area contributed by atoms with E-state index < -0.39 is 0 Å². The zero-order valence-corrected chi connectivity index (χ0v) is 25.6. The molecule has 8 rings (SSSR count). The number of aliphatic imine (C=N–C) groups is 1. The monoisotopic (exact) mass is 581 g/mol. The van der Waals surface area contributed by atoms with E-state index in [9.17, 15) is 0 Å². The number of nitrogens with zero attached hydrogens (tertiary/aromatic N) is 2. The molecule has 7 aromatic carbocycles. The average Bonchev–Trinajstić information content (AvgIpc) is 3.42. The summed E-state index contributed by atoms with van der Waals surface area (Å²) in [6.07, 6.45) is 1.91. The third-order valence-electron chi connectivity index (χ3n) is 8.46. The Morgan fingerprint density at radius 1 is 0.556 bits per heavy atom. The Morgan fingerprint density at radius 3 is 1.89 bits per heavy atom. The van der Waals surface area contributed by atoms with Crippen molar-refractivity contribution in [3.05, 3.63) is 174 Å². The molecular formula is C42H35N3. The van der Waals surface area contributed by atoms with Crippen LogP contribution in [0.1, 0.15) is 22.9 Å². The summed E-state index contributed by atoms with van der Waals surface area (Å²) in [4.78, 5) is 4.55.